The second-order valence-corrected chi connectivity index (χ2v) is 6.96. The van der Waals surface area contributed by atoms with Crippen LogP contribution in [0.2, 0.25) is 5.02 Å². The molecule has 0 saturated carbocycles. The second kappa shape index (κ2) is 8.50. The standard InChI is InChI=1S/C20H20ClN3O3S/c1-11-16(19(25)23-13-7-4-6-12(21)10-13)17(24-20(28)22-11)14-8-5-9-15(26-2)18(14)27-3/h4-10,17H,1-3H3,(H,23,25)(H2,22,24,28)/t17-/m0/s1. The molecule has 0 aromatic heterocycles. The first-order valence-corrected chi connectivity index (χ1v) is 9.29. The monoisotopic (exact) mass is 417 g/mol. The third-order valence-electron chi connectivity index (χ3n) is 4.34. The topological polar surface area (TPSA) is 71.6 Å². The molecule has 3 N–H and O–H groups in total. The first-order valence-electron chi connectivity index (χ1n) is 8.50. The summed E-state index contributed by atoms with van der Waals surface area (Å²) in [5, 5.41) is 10.0. The van der Waals surface area contributed by atoms with Crippen molar-refractivity contribution in [2.75, 3.05) is 19.5 Å². The van der Waals surface area contributed by atoms with Gasteiger partial charge in [0, 0.05) is 22.0 Å². The molecule has 3 rings (SSSR count). The van der Waals surface area contributed by atoms with Crippen LogP contribution < -0.4 is 25.4 Å². The lowest BCUT2D eigenvalue weighted by molar-refractivity contribution is -0.113. The van der Waals surface area contributed by atoms with Crippen LogP contribution in [0.15, 0.2) is 53.7 Å². The van der Waals surface area contributed by atoms with Crippen LogP contribution in [0.1, 0.15) is 18.5 Å². The highest BCUT2D eigenvalue weighted by molar-refractivity contribution is 7.80. The predicted octanol–water partition coefficient (Wildman–Crippen LogP) is 3.79. The van der Waals surface area contributed by atoms with Crippen molar-refractivity contribution in [3.63, 3.8) is 0 Å². The Morgan fingerprint density at radius 2 is 1.93 bits per heavy atom. The van der Waals surface area contributed by atoms with E-state index in [1.54, 1.807) is 51.5 Å². The molecule has 1 heterocycles. The van der Waals surface area contributed by atoms with Crippen LogP contribution in [0.5, 0.6) is 11.5 Å². The largest absolute Gasteiger partial charge is 0.493 e. The third kappa shape index (κ3) is 4.05. The smallest absolute Gasteiger partial charge is 0.255 e. The maximum Gasteiger partial charge on any atom is 0.255 e. The number of thiocarbonyl (C=S) groups is 1. The number of amides is 1. The number of hydrogen-bond acceptors (Lipinski definition) is 4. The van der Waals surface area contributed by atoms with Crippen molar-refractivity contribution in [2.24, 2.45) is 0 Å². The summed E-state index contributed by atoms with van der Waals surface area (Å²) >= 11 is 11.3. The molecular formula is C20H20ClN3O3S. The van der Waals surface area contributed by atoms with Crippen molar-refractivity contribution in [3.8, 4) is 11.5 Å². The summed E-state index contributed by atoms with van der Waals surface area (Å²) in [5.41, 5.74) is 2.47. The Labute approximate surface area is 173 Å². The molecule has 0 spiro atoms. The lowest BCUT2D eigenvalue weighted by Crippen LogP contribution is -2.45. The number of ether oxygens (including phenoxy) is 2. The Kier molecular flexibility index (Phi) is 6.06. The first kappa shape index (κ1) is 20.0. The highest BCUT2D eigenvalue weighted by Gasteiger charge is 2.32. The van der Waals surface area contributed by atoms with Gasteiger partial charge in [-0.1, -0.05) is 29.8 Å². The van der Waals surface area contributed by atoms with Gasteiger partial charge in [0.2, 0.25) is 0 Å². The van der Waals surface area contributed by atoms with Crippen molar-refractivity contribution in [3.05, 3.63) is 64.3 Å². The van der Waals surface area contributed by atoms with Gasteiger partial charge in [0.1, 0.15) is 0 Å². The number of methoxy groups -OCH3 is 2. The fraction of sp³-hybridized carbons (Fsp3) is 0.200. The van der Waals surface area contributed by atoms with Crippen molar-refractivity contribution in [2.45, 2.75) is 13.0 Å². The summed E-state index contributed by atoms with van der Waals surface area (Å²) in [6.45, 7) is 1.81. The van der Waals surface area contributed by atoms with Crippen LogP contribution in [0.25, 0.3) is 0 Å². The van der Waals surface area contributed by atoms with Gasteiger partial charge >= 0.3 is 0 Å². The zero-order chi connectivity index (χ0) is 20.3. The third-order valence-corrected chi connectivity index (χ3v) is 4.80. The van der Waals surface area contributed by atoms with E-state index in [1.807, 2.05) is 12.1 Å². The summed E-state index contributed by atoms with van der Waals surface area (Å²) in [6.07, 6.45) is 0. The quantitative estimate of drug-likeness (QED) is 0.643. The molecule has 0 radical (unpaired) electrons. The Morgan fingerprint density at radius 3 is 2.61 bits per heavy atom. The second-order valence-electron chi connectivity index (χ2n) is 6.12. The van der Waals surface area contributed by atoms with Crippen LogP contribution in [0, 0.1) is 0 Å². The van der Waals surface area contributed by atoms with Gasteiger partial charge in [0.05, 0.1) is 25.8 Å². The SMILES string of the molecule is COc1cccc([C@@H]2NC(=S)NC(C)=C2C(=O)Nc2cccc(Cl)c2)c1OC. The van der Waals surface area contributed by atoms with E-state index in [1.165, 1.54) is 0 Å². The molecule has 2 aromatic carbocycles. The highest BCUT2D eigenvalue weighted by Crippen LogP contribution is 2.39. The molecule has 28 heavy (non-hydrogen) atoms. The highest BCUT2D eigenvalue weighted by atomic mass is 35.5. The molecule has 8 heteroatoms. The number of allylic oxidation sites excluding steroid dienone is 1. The van der Waals surface area contributed by atoms with Crippen LogP contribution in [-0.4, -0.2) is 25.2 Å². The Hall–Kier alpha value is -2.77. The van der Waals surface area contributed by atoms with E-state index in [0.717, 1.165) is 5.56 Å². The van der Waals surface area contributed by atoms with Crippen molar-refractivity contribution in [1.82, 2.24) is 10.6 Å². The average Bonchev–Trinajstić information content (AvgIpc) is 2.66. The number of carbonyl (C=O) groups is 1. The van der Waals surface area contributed by atoms with Crippen molar-refractivity contribution in [1.29, 1.82) is 0 Å². The van der Waals surface area contributed by atoms with Gasteiger partial charge in [0.25, 0.3) is 5.91 Å². The summed E-state index contributed by atoms with van der Waals surface area (Å²) in [6, 6.07) is 12.0. The molecule has 0 bridgehead atoms. The van der Waals surface area contributed by atoms with E-state index < -0.39 is 6.04 Å². The molecule has 0 aliphatic carbocycles. The summed E-state index contributed by atoms with van der Waals surface area (Å²) in [4.78, 5) is 13.1. The van der Waals surface area contributed by atoms with Crippen LogP contribution in [-0.2, 0) is 4.79 Å². The summed E-state index contributed by atoms with van der Waals surface area (Å²) in [5.74, 6) is 0.823. The van der Waals surface area contributed by atoms with E-state index in [9.17, 15) is 4.79 Å². The number of carbonyl (C=O) groups excluding carboxylic acids is 1. The minimum atomic E-state index is -0.516. The predicted molar refractivity (Wildman–Crippen MR) is 114 cm³/mol. The van der Waals surface area contributed by atoms with Crippen LogP contribution in [0.3, 0.4) is 0 Å². The van der Waals surface area contributed by atoms with Gasteiger partial charge in [-0.2, -0.15) is 0 Å². The van der Waals surface area contributed by atoms with Gasteiger partial charge in [-0.25, -0.2) is 0 Å². The number of para-hydroxylation sites is 1. The molecule has 2 aromatic rings. The summed E-state index contributed by atoms with van der Waals surface area (Å²) < 4.78 is 10.9. The van der Waals surface area contributed by atoms with E-state index >= 15 is 0 Å². The number of hydrogen-bond donors (Lipinski definition) is 3. The van der Waals surface area contributed by atoms with Gasteiger partial charge < -0.3 is 25.4 Å². The zero-order valence-corrected chi connectivity index (χ0v) is 17.2. The number of benzene rings is 2. The number of anilines is 1. The molecule has 146 valence electrons. The van der Waals surface area contributed by atoms with Gasteiger partial charge in [-0.3, -0.25) is 4.79 Å². The molecule has 0 fully saturated rings. The maximum atomic E-state index is 13.1. The molecule has 1 amide bonds. The average molecular weight is 418 g/mol. The first-order chi connectivity index (χ1) is 13.4. The Bertz CT molecular complexity index is 961. The van der Waals surface area contributed by atoms with E-state index in [2.05, 4.69) is 16.0 Å². The molecule has 1 atom stereocenters. The van der Waals surface area contributed by atoms with Gasteiger partial charge in [-0.15, -0.1) is 0 Å². The lowest BCUT2D eigenvalue weighted by atomic mass is 9.94. The van der Waals surface area contributed by atoms with E-state index in [4.69, 9.17) is 33.3 Å². The maximum absolute atomic E-state index is 13.1. The minimum Gasteiger partial charge on any atom is -0.493 e. The van der Waals surface area contributed by atoms with Crippen molar-refractivity contribution >= 4 is 40.5 Å². The lowest BCUT2D eigenvalue weighted by Gasteiger charge is -2.31. The summed E-state index contributed by atoms with van der Waals surface area (Å²) in [7, 11) is 3.12. The molecule has 1 aliphatic heterocycles. The van der Waals surface area contributed by atoms with E-state index in [-0.39, 0.29) is 5.91 Å². The van der Waals surface area contributed by atoms with Gasteiger partial charge in [-0.05, 0) is 43.4 Å². The Morgan fingerprint density at radius 1 is 1.18 bits per heavy atom. The molecule has 6 nitrogen and oxygen atoms in total. The zero-order valence-electron chi connectivity index (χ0n) is 15.6. The number of halogens is 1. The number of nitrogens with one attached hydrogen (secondary N) is 3. The van der Waals surface area contributed by atoms with Crippen LogP contribution >= 0.6 is 23.8 Å². The van der Waals surface area contributed by atoms with Crippen LogP contribution in [0.4, 0.5) is 5.69 Å². The fourth-order valence-corrected chi connectivity index (χ4v) is 3.59. The number of rotatable bonds is 5. The molecule has 0 unspecified atom stereocenters. The minimum absolute atomic E-state index is 0.280. The molecule has 0 saturated heterocycles. The molecular weight excluding hydrogens is 398 g/mol. The van der Waals surface area contributed by atoms with Gasteiger partial charge in [0.15, 0.2) is 16.6 Å². The fourth-order valence-electron chi connectivity index (χ4n) is 3.13. The Balaban J connectivity index is 2.03. The normalized spacial score (nSPS) is 16.1. The van der Waals surface area contributed by atoms with E-state index in [0.29, 0.717) is 38.6 Å². The molecule has 1 aliphatic rings. The van der Waals surface area contributed by atoms with Crippen molar-refractivity contribution < 1.29 is 14.3 Å².